The highest BCUT2D eigenvalue weighted by Crippen LogP contribution is 2.38. The largest absolute Gasteiger partial charge is 0.250 e. The minimum absolute atomic E-state index is 0.638. The molecule has 0 unspecified atom stereocenters. The number of aromatic nitrogens is 4. The standard InChI is InChI=1S/C10H10N4/c1-5-11-10(12-6-1)14-7-4-9(13-14)8-2-3-8/h1,4-8H,2-3H2. The Balaban J connectivity index is 1.96. The molecule has 1 aliphatic rings. The summed E-state index contributed by atoms with van der Waals surface area (Å²) in [6.45, 7) is 0. The van der Waals surface area contributed by atoms with E-state index in [2.05, 4.69) is 15.1 Å². The number of rotatable bonds is 2. The summed E-state index contributed by atoms with van der Waals surface area (Å²) < 4.78 is 1.73. The monoisotopic (exact) mass is 186 g/mol. The Bertz CT molecular complexity index is 430. The maximum absolute atomic E-state index is 4.43. The molecule has 14 heavy (non-hydrogen) atoms. The molecule has 0 saturated heterocycles. The van der Waals surface area contributed by atoms with Gasteiger partial charge in [0.05, 0.1) is 5.69 Å². The highest BCUT2D eigenvalue weighted by atomic mass is 15.3. The van der Waals surface area contributed by atoms with E-state index in [9.17, 15) is 0 Å². The number of hydrogen-bond donors (Lipinski definition) is 0. The van der Waals surface area contributed by atoms with Gasteiger partial charge in [-0.05, 0) is 25.0 Å². The van der Waals surface area contributed by atoms with Gasteiger partial charge in [-0.1, -0.05) is 0 Å². The molecule has 0 atom stereocenters. The minimum atomic E-state index is 0.638. The van der Waals surface area contributed by atoms with Gasteiger partial charge in [0.2, 0.25) is 5.95 Å². The number of hydrogen-bond acceptors (Lipinski definition) is 3. The first-order valence-corrected chi connectivity index (χ1v) is 4.76. The van der Waals surface area contributed by atoms with Gasteiger partial charge in [-0.25, -0.2) is 14.6 Å². The van der Waals surface area contributed by atoms with Crippen LogP contribution in [0.25, 0.3) is 5.95 Å². The zero-order valence-corrected chi connectivity index (χ0v) is 7.67. The lowest BCUT2D eigenvalue weighted by Gasteiger charge is -1.96. The van der Waals surface area contributed by atoms with Crippen molar-refractivity contribution >= 4 is 0 Å². The van der Waals surface area contributed by atoms with Gasteiger partial charge in [0.25, 0.3) is 0 Å². The van der Waals surface area contributed by atoms with Crippen LogP contribution in [-0.4, -0.2) is 19.7 Å². The van der Waals surface area contributed by atoms with Crippen molar-refractivity contribution < 1.29 is 0 Å². The fourth-order valence-corrected chi connectivity index (χ4v) is 1.46. The Morgan fingerprint density at radius 3 is 2.71 bits per heavy atom. The molecule has 2 aromatic heterocycles. The van der Waals surface area contributed by atoms with Crippen molar-refractivity contribution in [1.82, 2.24) is 19.7 Å². The van der Waals surface area contributed by atoms with Gasteiger partial charge in [-0.15, -0.1) is 0 Å². The van der Waals surface area contributed by atoms with Gasteiger partial charge >= 0.3 is 0 Å². The fraction of sp³-hybridized carbons (Fsp3) is 0.300. The summed E-state index contributed by atoms with van der Waals surface area (Å²) >= 11 is 0. The summed E-state index contributed by atoms with van der Waals surface area (Å²) in [4.78, 5) is 8.26. The van der Waals surface area contributed by atoms with Crippen LogP contribution in [0.4, 0.5) is 0 Å². The van der Waals surface area contributed by atoms with Gasteiger partial charge in [0.1, 0.15) is 0 Å². The van der Waals surface area contributed by atoms with Gasteiger partial charge in [-0.2, -0.15) is 5.10 Å². The second-order valence-electron chi connectivity index (χ2n) is 3.51. The molecule has 0 amide bonds. The van der Waals surface area contributed by atoms with Crippen LogP contribution in [0.1, 0.15) is 24.5 Å². The first-order chi connectivity index (χ1) is 6.93. The van der Waals surface area contributed by atoms with Crippen LogP contribution in [0.15, 0.2) is 30.7 Å². The summed E-state index contributed by atoms with van der Waals surface area (Å²) in [5.41, 5.74) is 1.16. The molecular weight excluding hydrogens is 176 g/mol. The van der Waals surface area contributed by atoms with Gasteiger partial charge in [-0.3, -0.25) is 0 Å². The SMILES string of the molecule is c1cnc(-n2ccc(C3CC3)n2)nc1. The highest BCUT2D eigenvalue weighted by molar-refractivity contribution is 5.17. The molecule has 0 N–H and O–H groups in total. The number of nitrogens with zero attached hydrogens (tertiary/aromatic N) is 4. The van der Waals surface area contributed by atoms with E-state index in [1.165, 1.54) is 12.8 Å². The molecule has 1 fully saturated rings. The lowest BCUT2D eigenvalue weighted by molar-refractivity contribution is 0.782. The molecule has 3 rings (SSSR count). The first kappa shape index (κ1) is 7.67. The smallest absolute Gasteiger partial charge is 0.220 e. The molecule has 2 aromatic rings. The quantitative estimate of drug-likeness (QED) is 0.714. The zero-order chi connectivity index (χ0) is 9.38. The molecule has 1 aliphatic carbocycles. The van der Waals surface area contributed by atoms with E-state index in [-0.39, 0.29) is 0 Å². The van der Waals surface area contributed by atoms with Crippen LogP contribution in [0.2, 0.25) is 0 Å². The summed E-state index contributed by atoms with van der Waals surface area (Å²) in [6, 6.07) is 3.85. The third-order valence-corrected chi connectivity index (χ3v) is 2.36. The van der Waals surface area contributed by atoms with E-state index < -0.39 is 0 Å². The van der Waals surface area contributed by atoms with Crippen LogP contribution in [0.3, 0.4) is 0 Å². The van der Waals surface area contributed by atoms with Gasteiger partial charge in [0, 0.05) is 24.5 Å². The Morgan fingerprint density at radius 2 is 2.00 bits per heavy atom. The Morgan fingerprint density at radius 1 is 1.21 bits per heavy atom. The Kier molecular flexibility index (Phi) is 1.59. The highest BCUT2D eigenvalue weighted by Gasteiger charge is 2.25. The van der Waals surface area contributed by atoms with Crippen molar-refractivity contribution in [2.75, 3.05) is 0 Å². The lowest BCUT2D eigenvalue weighted by atomic mass is 10.3. The topological polar surface area (TPSA) is 43.6 Å². The van der Waals surface area contributed by atoms with E-state index in [1.807, 2.05) is 12.3 Å². The van der Waals surface area contributed by atoms with Crippen LogP contribution >= 0.6 is 0 Å². The van der Waals surface area contributed by atoms with E-state index >= 15 is 0 Å². The van der Waals surface area contributed by atoms with Gasteiger partial charge in [0.15, 0.2) is 0 Å². The summed E-state index contributed by atoms with van der Waals surface area (Å²) in [7, 11) is 0. The van der Waals surface area contributed by atoms with Crippen LogP contribution in [0, 0.1) is 0 Å². The molecule has 0 bridgehead atoms. The third-order valence-electron chi connectivity index (χ3n) is 2.36. The summed E-state index contributed by atoms with van der Waals surface area (Å²) in [5.74, 6) is 1.32. The van der Waals surface area contributed by atoms with Crippen LogP contribution in [0.5, 0.6) is 0 Å². The molecule has 70 valence electrons. The third kappa shape index (κ3) is 1.28. The summed E-state index contributed by atoms with van der Waals surface area (Å²) in [5, 5.41) is 4.43. The maximum Gasteiger partial charge on any atom is 0.250 e. The average molecular weight is 186 g/mol. The predicted molar refractivity (Wildman–Crippen MR) is 51.1 cm³/mol. The average Bonchev–Trinajstić information content (AvgIpc) is 2.98. The fourth-order valence-electron chi connectivity index (χ4n) is 1.46. The van der Waals surface area contributed by atoms with E-state index in [0.29, 0.717) is 11.9 Å². The van der Waals surface area contributed by atoms with Crippen molar-refractivity contribution in [1.29, 1.82) is 0 Å². The van der Waals surface area contributed by atoms with Crippen molar-refractivity contribution in [3.8, 4) is 5.95 Å². The first-order valence-electron chi connectivity index (χ1n) is 4.76. The molecule has 0 radical (unpaired) electrons. The van der Waals surface area contributed by atoms with Crippen molar-refractivity contribution in [3.63, 3.8) is 0 Å². The lowest BCUT2D eigenvalue weighted by Crippen LogP contribution is -2.00. The molecule has 0 spiro atoms. The van der Waals surface area contributed by atoms with Gasteiger partial charge < -0.3 is 0 Å². The van der Waals surface area contributed by atoms with Crippen LogP contribution < -0.4 is 0 Å². The van der Waals surface area contributed by atoms with Crippen molar-refractivity contribution in [3.05, 3.63) is 36.4 Å². The molecule has 0 aliphatic heterocycles. The minimum Gasteiger partial charge on any atom is -0.220 e. The maximum atomic E-state index is 4.43. The Labute approximate surface area is 81.6 Å². The predicted octanol–water partition coefficient (Wildman–Crippen LogP) is 1.54. The second kappa shape index (κ2) is 2.90. The zero-order valence-electron chi connectivity index (χ0n) is 7.67. The Hall–Kier alpha value is -1.71. The van der Waals surface area contributed by atoms with Crippen LogP contribution in [-0.2, 0) is 0 Å². The molecule has 4 nitrogen and oxygen atoms in total. The molecule has 4 heteroatoms. The molecule has 2 heterocycles. The normalized spacial score (nSPS) is 15.7. The van der Waals surface area contributed by atoms with Crippen molar-refractivity contribution in [2.24, 2.45) is 0 Å². The van der Waals surface area contributed by atoms with E-state index in [0.717, 1.165) is 5.69 Å². The second-order valence-corrected chi connectivity index (χ2v) is 3.51. The molecule has 1 saturated carbocycles. The molecule has 0 aromatic carbocycles. The summed E-state index contributed by atoms with van der Waals surface area (Å²) in [6.07, 6.45) is 7.91. The van der Waals surface area contributed by atoms with Crippen molar-refractivity contribution in [2.45, 2.75) is 18.8 Å². The van der Waals surface area contributed by atoms with E-state index in [4.69, 9.17) is 0 Å². The molecular formula is C10H10N4. The van der Waals surface area contributed by atoms with E-state index in [1.54, 1.807) is 23.1 Å².